The maximum atomic E-state index is 11.0. The number of ether oxygens (including phenoxy) is 2. The molecule has 1 heterocycles. The molecule has 0 aromatic heterocycles. The fourth-order valence-electron chi connectivity index (χ4n) is 2.30. The van der Waals surface area contributed by atoms with Gasteiger partial charge in [-0.1, -0.05) is 26.0 Å². The summed E-state index contributed by atoms with van der Waals surface area (Å²) in [7, 11) is 1.39. The van der Waals surface area contributed by atoms with Crippen LogP contribution in [0.1, 0.15) is 53.4 Å². The van der Waals surface area contributed by atoms with Gasteiger partial charge in [0.05, 0.1) is 18.8 Å². The number of carbonyl (C=O) groups excluding carboxylic acids is 1. The molecule has 0 spiro atoms. The van der Waals surface area contributed by atoms with Crippen molar-refractivity contribution in [1.82, 2.24) is 0 Å². The fraction of sp³-hybridized carbons (Fsp3) is 0.706. The van der Waals surface area contributed by atoms with Crippen molar-refractivity contribution < 1.29 is 14.3 Å². The Labute approximate surface area is 123 Å². The standard InChI is InChI=1S/C17H28O3/c1-6-17(4)15(20-17)11-10-13(2)8-7-9-14(3)12-16(18)19-5/h7,9,12-13,15H,6,8,10-11H2,1-5H3/b9-7+,14-12+. The van der Waals surface area contributed by atoms with Gasteiger partial charge in [-0.25, -0.2) is 4.79 Å². The number of hydrogen-bond donors (Lipinski definition) is 0. The van der Waals surface area contributed by atoms with Crippen molar-refractivity contribution in [3.8, 4) is 0 Å². The molecule has 3 nitrogen and oxygen atoms in total. The minimum Gasteiger partial charge on any atom is -0.466 e. The summed E-state index contributed by atoms with van der Waals surface area (Å²) < 4.78 is 10.3. The molecule has 0 N–H and O–H groups in total. The third-order valence-corrected chi connectivity index (χ3v) is 4.12. The highest BCUT2D eigenvalue weighted by Gasteiger charge is 2.49. The summed E-state index contributed by atoms with van der Waals surface area (Å²) in [4.78, 5) is 11.0. The Morgan fingerprint density at radius 3 is 2.75 bits per heavy atom. The average molecular weight is 280 g/mol. The van der Waals surface area contributed by atoms with Gasteiger partial charge in [0.25, 0.3) is 0 Å². The first-order chi connectivity index (χ1) is 9.41. The molecule has 0 bridgehead atoms. The largest absolute Gasteiger partial charge is 0.466 e. The molecule has 3 unspecified atom stereocenters. The lowest BCUT2D eigenvalue weighted by Gasteiger charge is -2.08. The Kier molecular flexibility index (Phi) is 6.47. The second-order valence-electron chi connectivity index (χ2n) is 6.00. The predicted octanol–water partition coefficient (Wildman–Crippen LogP) is 4.04. The predicted molar refractivity (Wildman–Crippen MR) is 81.5 cm³/mol. The SMILES string of the molecule is CCC1(C)OC1CCC(C)C/C=C/C(C)=C/C(=O)OC. The van der Waals surface area contributed by atoms with Gasteiger partial charge in [-0.2, -0.15) is 0 Å². The fourth-order valence-corrected chi connectivity index (χ4v) is 2.30. The van der Waals surface area contributed by atoms with E-state index in [-0.39, 0.29) is 11.6 Å². The lowest BCUT2D eigenvalue weighted by molar-refractivity contribution is -0.134. The minimum absolute atomic E-state index is 0.148. The Bertz CT molecular complexity index is 384. The zero-order chi connectivity index (χ0) is 15.2. The van der Waals surface area contributed by atoms with Crippen LogP contribution in [0.25, 0.3) is 0 Å². The number of allylic oxidation sites excluding steroid dienone is 3. The summed E-state index contributed by atoms with van der Waals surface area (Å²) in [6, 6.07) is 0. The van der Waals surface area contributed by atoms with Crippen molar-refractivity contribution in [3.05, 3.63) is 23.8 Å². The molecule has 1 saturated heterocycles. The van der Waals surface area contributed by atoms with Crippen LogP contribution in [0.3, 0.4) is 0 Å². The van der Waals surface area contributed by atoms with E-state index in [1.165, 1.54) is 19.6 Å². The van der Waals surface area contributed by atoms with E-state index in [1.807, 2.05) is 13.0 Å². The van der Waals surface area contributed by atoms with Crippen LogP contribution in [0, 0.1) is 5.92 Å². The number of epoxide rings is 1. The van der Waals surface area contributed by atoms with E-state index in [1.54, 1.807) is 0 Å². The highest BCUT2D eigenvalue weighted by molar-refractivity contribution is 5.83. The molecule has 0 amide bonds. The Hall–Kier alpha value is -1.09. The zero-order valence-corrected chi connectivity index (χ0v) is 13.4. The molecule has 1 aliphatic rings. The van der Waals surface area contributed by atoms with Crippen LogP contribution in [0.5, 0.6) is 0 Å². The van der Waals surface area contributed by atoms with Crippen molar-refractivity contribution in [1.29, 1.82) is 0 Å². The van der Waals surface area contributed by atoms with Crippen molar-refractivity contribution in [2.75, 3.05) is 7.11 Å². The van der Waals surface area contributed by atoms with Crippen LogP contribution in [0.4, 0.5) is 0 Å². The Morgan fingerprint density at radius 2 is 2.20 bits per heavy atom. The maximum absolute atomic E-state index is 11.0. The second-order valence-corrected chi connectivity index (χ2v) is 6.00. The van der Waals surface area contributed by atoms with Gasteiger partial charge >= 0.3 is 5.97 Å². The van der Waals surface area contributed by atoms with Crippen LogP contribution in [-0.2, 0) is 14.3 Å². The first-order valence-corrected chi connectivity index (χ1v) is 7.52. The van der Waals surface area contributed by atoms with Crippen molar-refractivity contribution in [2.24, 2.45) is 5.92 Å². The van der Waals surface area contributed by atoms with Gasteiger partial charge < -0.3 is 9.47 Å². The average Bonchev–Trinajstić information content (AvgIpc) is 3.08. The summed E-state index contributed by atoms with van der Waals surface area (Å²) in [6.45, 7) is 8.55. The molecule has 0 saturated carbocycles. The van der Waals surface area contributed by atoms with Crippen LogP contribution < -0.4 is 0 Å². The summed E-state index contributed by atoms with van der Waals surface area (Å²) in [5.41, 5.74) is 1.07. The molecule has 0 aromatic rings. The number of esters is 1. The third-order valence-electron chi connectivity index (χ3n) is 4.12. The number of carbonyl (C=O) groups is 1. The van der Waals surface area contributed by atoms with Gasteiger partial charge in [0.2, 0.25) is 0 Å². The van der Waals surface area contributed by atoms with Gasteiger partial charge in [0.15, 0.2) is 0 Å². The monoisotopic (exact) mass is 280 g/mol. The molecule has 0 radical (unpaired) electrons. The van der Waals surface area contributed by atoms with E-state index in [0.717, 1.165) is 24.8 Å². The first kappa shape index (κ1) is 17.0. The molecule has 3 atom stereocenters. The Balaban J connectivity index is 2.21. The lowest BCUT2D eigenvalue weighted by Crippen LogP contribution is -2.08. The molecular formula is C17H28O3. The van der Waals surface area contributed by atoms with Gasteiger partial charge in [-0.15, -0.1) is 0 Å². The number of methoxy groups -OCH3 is 1. The van der Waals surface area contributed by atoms with Crippen molar-refractivity contribution in [3.63, 3.8) is 0 Å². The molecule has 1 fully saturated rings. The quantitative estimate of drug-likeness (QED) is 0.291. The van der Waals surface area contributed by atoms with E-state index in [4.69, 9.17) is 4.74 Å². The summed E-state index contributed by atoms with van der Waals surface area (Å²) in [5, 5.41) is 0. The first-order valence-electron chi connectivity index (χ1n) is 7.52. The van der Waals surface area contributed by atoms with Gasteiger partial charge in [0.1, 0.15) is 0 Å². The third kappa shape index (κ3) is 5.49. The van der Waals surface area contributed by atoms with Crippen LogP contribution in [0.15, 0.2) is 23.8 Å². The van der Waals surface area contributed by atoms with Gasteiger partial charge in [-0.3, -0.25) is 0 Å². The van der Waals surface area contributed by atoms with Crippen molar-refractivity contribution in [2.45, 2.75) is 65.1 Å². The zero-order valence-electron chi connectivity index (χ0n) is 13.4. The molecule has 0 aliphatic carbocycles. The van der Waals surface area contributed by atoms with Gasteiger partial charge in [-0.05, 0) is 51.0 Å². The molecule has 0 aromatic carbocycles. The number of hydrogen-bond acceptors (Lipinski definition) is 3. The molecule has 114 valence electrons. The topological polar surface area (TPSA) is 38.8 Å². The summed E-state index contributed by atoms with van der Waals surface area (Å²) in [5.74, 6) is 0.340. The lowest BCUT2D eigenvalue weighted by atomic mass is 9.95. The van der Waals surface area contributed by atoms with E-state index >= 15 is 0 Å². The summed E-state index contributed by atoms with van der Waals surface area (Å²) in [6.07, 6.45) is 10.5. The maximum Gasteiger partial charge on any atom is 0.330 e. The highest BCUT2D eigenvalue weighted by atomic mass is 16.6. The molecule has 20 heavy (non-hydrogen) atoms. The number of rotatable bonds is 8. The van der Waals surface area contributed by atoms with E-state index in [2.05, 4.69) is 31.6 Å². The smallest absolute Gasteiger partial charge is 0.330 e. The van der Waals surface area contributed by atoms with E-state index in [9.17, 15) is 4.79 Å². The van der Waals surface area contributed by atoms with Crippen molar-refractivity contribution >= 4 is 5.97 Å². The second kappa shape index (κ2) is 7.63. The van der Waals surface area contributed by atoms with E-state index < -0.39 is 0 Å². The normalized spacial score (nSPS) is 27.6. The molecular weight excluding hydrogens is 252 g/mol. The summed E-state index contributed by atoms with van der Waals surface area (Å²) >= 11 is 0. The highest BCUT2D eigenvalue weighted by Crippen LogP contribution is 2.42. The van der Waals surface area contributed by atoms with Crippen LogP contribution >= 0.6 is 0 Å². The molecule has 1 rings (SSSR count). The van der Waals surface area contributed by atoms with E-state index in [0.29, 0.717) is 12.0 Å². The Morgan fingerprint density at radius 1 is 1.50 bits per heavy atom. The van der Waals surface area contributed by atoms with Crippen LogP contribution in [-0.4, -0.2) is 24.8 Å². The minimum atomic E-state index is -0.301. The molecule has 1 aliphatic heterocycles. The molecule has 3 heteroatoms. The van der Waals surface area contributed by atoms with Crippen LogP contribution in [0.2, 0.25) is 0 Å². The van der Waals surface area contributed by atoms with Gasteiger partial charge in [0, 0.05) is 6.08 Å².